The largest absolute Gasteiger partial charge is 0.322 e. The average Bonchev–Trinajstić information content (AvgIpc) is 2.96. The Bertz CT molecular complexity index is 870. The summed E-state index contributed by atoms with van der Waals surface area (Å²) in [6.45, 7) is 0. The molecule has 0 fully saturated rings. The number of amides is 1. The third kappa shape index (κ3) is 3.22. The lowest BCUT2D eigenvalue weighted by molar-refractivity contribution is -0.111. The van der Waals surface area contributed by atoms with E-state index in [9.17, 15) is 4.79 Å². The van der Waals surface area contributed by atoms with Crippen molar-refractivity contribution in [2.75, 3.05) is 5.32 Å². The SMILES string of the molecule is C#Cc1cccc(NC(=O)/C=C/c2nc3ccccc3s2)c1. The van der Waals surface area contributed by atoms with E-state index in [2.05, 4.69) is 16.2 Å². The zero-order chi connectivity index (χ0) is 15.4. The number of hydrogen-bond donors (Lipinski definition) is 1. The van der Waals surface area contributed by atoms with Gasteiger partial charge in [0.25, 0.3) is 0 Å². The Labute approximate surface area is 132 Å². The highest BCUT2D eigenvalue weighted by molar-refractivity contribution is 7.19. The molecule has 0 saturated heterocycles. The molecule has 4 heteroatoms. The highest BCUT2D eigenvalue weighted by atomic mass is 32.1. The molecule has 3 aromatic rings. The number of benzene rings is 2. The van der Waals surface area contributed by atoms with Crippen molar-refractivity contribution in [3.8, 4) is 12.3 Å². The number of carbonyl (C=O) groups excluding carboxylic acids is 1. The average molecular weight is 304 g/mol. The molecule has 0 bridgehead atoms. The summed E-state index contributed by atoms with van der Waals surface area (Å²) in [6, 6.07) is 15.0. The van der Waals surface area contributed by atoms with E-state index in [-0.39, 0.29) is 5.91 Å². The summed E-state index contributed by atoms with van der Waals surface area (Å²) in [5.74, 6) is 2.32. The van der Waals surface area contributed by atoms with Crippen LogP contribution < -0.4 is 5.32 Å². The molecule has 22 heavy (non-hydrogen) atoms. The molecule has 0 aliphatic rings. The predicted molar refractivity (Wildman–Crippen MR) is 91.7 cm³/mol. The molecule has 0 atom stereocenters. The van der Waals surface area contributed by atoms with Gasteiger partial charge in [-0.15, -0.1) is 17.8 Å². The lowest BCUT2D eigenvalue weighted by Gasteiger charge is -2.01. The van der Waals surface area contributed by atoms with Crippen molar-refractivity contribution in [3.63, 3.8) is 0 Å². The number of nitrogens with one attached hydrogen (secondary N) is 1. The Morgan fingerprint density at radius 1 is 1.23 bits per heavy atom. The molecule has 0 unspecified atom stereocenters. The summed E-state index contributed by atoms with van der Waals surface area (Å²) < 4.78 is 1.10. The Morgan fingerprint density at radius 3 is 2.91 bits per heavy atom. The number of fused-ring (bicyclic) bond motifs is 1. The van der Waals surface area contributed by atoms with Crippen molar-refractivity contribution in [2.45, 2.75) is 0 Å². The molecule has 3 nitrogen and oxygen atoms in total. The van der Waals surface area contributed by atoms with Gasteiger partial charge in [0.2, 0.25) is 5.91 Å². The number of para-hydroxylation sites is 1. The van der Waals surface area contributed by atoms with Crippen LogP contribution in [0.2, 0.25) is 0 Å². The van der Waals surface area contributed by atoms with E-state index in [0.29, 0.717) is 5.69 Å². The fraction of sp³-hybridized carbons (Fsp3) is 0. The number of anilines is 1. The van der Waals surface area contributed by atoms with E-state index in [4.69, 9.17) is 6.42 Å². The number of nitrogens with zero attached hydrogens (tertiary/aromatic N) is 1. The minimum atomic E-state index is -0.214. The summed E-state index contributed by atoms with van der Waals surface area (Å²) in [5, 5.41) is 3.58. The molecule has 0 saturated carbocycles. The van der Waals surface area contributed by atoms with Crippen LogP contribution >= 0.6 is 11.3 Å². The lowest BCUT2D eigenvalue weighted by atomic mass is 10.2. The van der Waals surface area contributed by atoms with Gasteiger partial charge in [-0.2, -0.15) is 0 Å². The molecule has 0 spiro atoms. The molecule has 3 rings (SSSR count). The van der Waals surface area contributed by atoms with E-state index in [1.54, 1.807) is 29.5 Å². The summed E-state index contributed by atoms with van der Waals surface area (Å²) in [4.78, 5) is 16.4. The molecule has 0 aliphatic heterocycles. The van der Waals surface area contributed by atoms with Crippen molar-refractivity contribution in [3.05, 3.63) is 65.2 Å². The molecule has 2 aromatic carbocycles. The highest BCUT2D eigenvalue weighted by Crippen LogP contribution is 2.22. The van der Waals surface area contributed by atoms with Crippen LogP contribution in [0.15, 0.2) is 54.6 Å². The fourth-order valence-corrected chi connectivity index (χ4v) is 2.85. The minimum Gasteiger partial charge on any atom is -0.322 e. The number of rotatable bonds is 3. The van der Waals surface area contributed by atoms with Gasteiger partial charge in [-0.3, -0.25) is 4.79 Å². The van der Waals surface area contributed by atoms with Crippen molar-refractivity contribution in [2.24, 2.45) is 0 Å². The summed E-state index contributed by atoms with van der Waals surface area (Å²) in [5.41, 5.74) is 2.34. The van der Waals surface area contributed by atoms with Gasteiger partial charge in [0.05, 0.1) is 10.2 Å². The van der Waals surface area contributed by atoms with Gasteiger partial charge in [-0.25, -0.2) is 4.98 Å². The second kappa shape index (κ2) is 6.25. The zero-order valence-corrected chi connectivity index (χ0v) is 12.4. The monoisotopic (exact) mass is 304 g/mol. The van der Waals surface area contributed by atoms with Crippen LogP contribution in [-0.2, 0) is 4.79 Å². The predicted octanol–water partition coefficient (Wildman–Crippen LogP) is 3.93. The van der Waals surface area contributed by atoms with Gasteiger partial charge in [0.15, 0.2) is 0 Å². The maximum absolute atomic E-state index is 11.9. The van der Waals surface area contributed by atoms with Gasteiger partial charge in [-0.1, -0.05) is 24.1 Å². The quantitative estimate of drug-likeness (QED) is 0.588. The van der Waals surface area contributed by atoms with E-state index < -0.39 is 0 Å². The third-order valence-corrected chi connectivity index (χ3v) is 3.99. The topological polar surface area (TPSA) is 42.0 Å². The Morgan fingerprint density at radius 2 is 2.09 bits per heavy atom. The maximum atomic E-state index is 11.9. The van der Waals surface area contributed by atoms with E-state index >= 15 is 0 Å². The van der Waals surface area contributed by atoms with E-state index in [1.807, 2.05) is 36.4 Å². The normalized spacial score (nSPS) is 10.7. The van der Waals surface area contributed by atoms with Crippen LogP contribution in [-0.4, -0.2) is 10.9 Å². The number of thiazole rings is 1. The first-order valence-corrected chi connectivity index (χ1v) is 7.47. The van der Waals surface area contributed by atoms with Gasteiger partial charge >= 0.3 is 0 Å². The van der Waals surface area contributed by atoms with Gasteiger partial charge < -0.3 is 5.32 Å². The highest BCUT2D eigenvalue weighted by Gasteiger charge is 2.02. The molecule has 0 radical (unpaired) electrons. The molecule has 1 amide bonds. The van der Waals surface area contributed by atoms with Gasteiger partial charge in [-0.05, 0) is 36.4 Å². The van der Waals surface area contributed by atoms with Crippen LogP contribution in [0.25, 0.3) is 16.3 Å². The summed E-state index contributed by atoms with van der Waals surface area (Å²) in [6.07, 6.45) is 8.52. The molecule has 1 heterocycles. The lowest BCUT2D eigenvalue weighted by Crippen LogP contribution is -2.07. The summed E-state index contributed by atoms with van der Waals surface area (Å²) in [7, 11) is 0. The second-order valence-corrected chi connectivity index (χ2v) is 5.63. The van der Waals surface area contributed by atoms with Crippen molar-refractivity contribution in [1.29, 1.82) is 0 Å². The van der Waals surface area contributed by atoms with Gasteiger partial charge in [0.1, 0.15) is 5.01 Å². The van der Waals surface area contributed by atoms with Crippen LogP contribution in [0.1, 0.15) is 10.6 Å². The van der Waals surface area contributed by atoms with Crippen molar-refractivity contribution in [1.82, 2.24) is 4.98 Å². The molecule has 1 N–H and O–H groups in total. The molecular weight excluding hydrogens is 292 g/mol. The van der Waals surface area contributed by atoms with Crippen LogP contribution in [0.4, 0.5) is 5.69 Å². The van der Waals surface area contributed by atoms with E-state index in [0.717, 1.165) is 20.8 Å². The maximum Gasteiger partial charge on any atom is 0.248 e. The second-order valence-electron chi connectivity index (χ2n) is 4.57. The Balaban J connectivity index is 1.71. The van der Waals surface area contributed by atoms with Gasteiger partial charge in [0, 0.05) is 17.3 Å². The number of hydrogen-bond acceptors (Lipinski definition) is 3. The number of aromatic nitrogens is 1. The molecule has 0 aliphatic carbocycles. The third-order valence-electron chi connectivity index (χ3n) is 2.98. The first-order chi connectivity index (χ1) is 10.7. The number of terminal acetylenes is 1. The number of carbonyl (C=O) groups is 1. The summed E-state index contributed by atoms with van der Waals surface area (Å²) >= 11 is 1.55. The first-order valence-electron chi connectivity index (χ1n) is 6.66. The van der Waals surface area contributed by atoms with Crippen molar-refractivity contribution < 1.29 is 4.79 Å². The minimum absolute atomic E-state index is 0.214. The fourth-order valence-electron chi connectivity index (χ4n) is 1.98. The standard InChI is InChI=1S/C18H12N2OS/c1-2-13-6-5-7-14(12-13)19-17(21)10-11-18-20-15-8-3-4-9-16(15)22-18/h1,3-12H,(H,19,21)/b11-10+. The molecule has 1 aromatic heterocycles. The van der Waals surface area contributed by atoms with Crippen LogP contribution in [0.5, 0.6) is 0 Å². The van der Waals surface area contributed by atoms with Crippen LogP contribution in [0, 0.1) is 12.3 Å². The Hall–Kier alpha value is -2.90. The zero-order valence-electron chi connectivity index (χ0n) is 11.6. The van der Waals surface area contributed by atoms with E-state index in [1.165, 1.54) is 6.08 Å². The smallest absolute Gasteiger partial charge is 0.248 e. The molecular formula is C18H12N2OS. The Kier molecular flexibility index (Phi) is 3.99. The first kappa shape index (κ1) is 14.1. The van der Waals surface area contributed by atoms with Crippen molar-refractivity contribution >= 4 is 39.2 Å². The molecule has 106 valence electrons. The van der Waals surface area contributed by atoms with Crippen LogP contribution in [0.3, 0.4) is 0 Å².